The highest BCUT2D eigenvalue weighted by Crippen LogP contribution is 2.16. The van der Waals surface area contributed by atoms with Gasteiger partial charge in [-0.25, -0.2) is 0 Å². The molecule has 0 aliphatic rings. The van der Waals surface area contributed by atoms with Gasteiger partial charge in [-0.15, -0.1) is 0 Å². The zero-order chi connectivity index (χ0) is 18.1. The first-order chi connectivity index (χ1) is 12.1. The fourth-order valence-electron chi connectivity index (χ4n) is 2.16. The average Bonchev–Trinajstić information content (AvgIpc) is 3.16. The van der Waals surface area contributed by atoms with E-state index < -0.39 is 5.91 Å². The molecule has 1 aromatic carbocycles. The molecule has 6 nitrogen and oxygen atoms in total. The number of nitrogens with one attached hydrogen (secondary N) is 1. The summed E-state index contributed by atoms with van der Waals surface area (Å²) in [7, 11) is 1.91. The molecule has 0 spiro atoms. The maximum atomic E-state index is 12.1. The molecule has 1 heterocycles. The van der Waals surface area contributed by atoms with Crippen molar-refractivity contribution < 1.29 is 9.21 Å². The van der Waals surface area contributed by atoms with E-state index in [9.17, 15) is 10.1 Å². The fourth-order valence-corrected chi connectivity index (χ4v) is 2.16. The second-order valence-electron chi connectivity index (χ2n) is 5.35. The molecule has 0 bridgehead atoms. The van der Waals surface area contributed by atoms with Crippen molar-refractivity contribution in [2.75, 3.05) is 18.5 Å². The summed E-state index contributed by atoms with van der Waals surface area (Å²) in [6.07, 6.45) is 3.51. The predicted molar refractivity (Wildman–Crippen MR) is 94.1 cm³/mol. The summed E-state index contributed by atoms with van der Waals surface area (Å²) in [5.41, 5.74) is 1.74. The van der Waals surface area contributed by atoms with Crippen LogP contribution in [-0.4, -0.2) is 19.5 Å². The van der Waals surface area contributed by atoms with E-state index in [1.165, 1.54) is 12.3 Å². The van der Waals surface area contributed by atoms with Gasteiger partial charge in [0.1, 0.15) is 17.4 Å². The normalized spacial score (nSPS) is 10.6. The quantitative estimate of drug-likeness (QED) is 0.621. The van der Waals surface area contributed by atoms with E-state index in [1.54, 1.807) is 12.1 Å². The third-order valence-electron chi connectivity index (χ3n) is 3.57. The van der Waals surface area contributed by atoms with Crippen molar-refractivity contribution in [1.82, 2.24) is 5.32 Å². The Kier molecular flexibility index (Phi) is 6.39. The van der Waals surface area contributed by atoms with Crippen molar-refractivity contribution in [2.24, 2.45) is 0 Å². The number of rotatable bonds is 7. The minimum absolute atomic E-state index is 0.0251. The molecular weight excluding hydrogens is 316 g/mol. The van der Waals surface area contributed by atoms with Crippen LogP contribution in [0.25, 0.3) is 6.08 Å². The molecule has 0 atom stereocenters. The van der Waals surface area contributed by atoms with Crippen molar-refractivity contribution in [3.63, 3.8) is 0 Å². The molecule has 0 fully saturated rings. The molecule has 0 saturated heterocycles. The highest BCUT2D eigenvalue weighted by atomic mass is 16.3. The number of furan rings is 1. The standard InChI is InChI=1S/C19H18N4O2/c1-23(10-3-9-20)17-7-5-15(6-8-17)12-16(13-21)19(24)22-14-18-4-2-11-25-18/h2,4-8,11-12H,3,10,14H2,1H3,(H,22,24)/b16-12+. The average molecular weight is 334 g/mol. The van der Waals surface area contributed by atoms with E-state index in [0.29, 0.717) is 18.7 Å². The summed E-state index contributed by atoms with van der Waals surface area (Å²) in [6.45, 7) is 0.873. The zero-order valence-corrected chi connectivity index (χ0v) is 13.9. The molecule has 0 aliphatic carbocycles. The number of hydrogen-bond acceptors (Lipinski definition) is 5. The van der Waals surface area contributed by atoms with Crippen LogP contribution in [0, 0.1) is 22.7 Å². The number of benzene rings is 1. The van der Waals surface area contributed by atoms with E-state index in [1.807, 2.05) is 42.3 Å². The molecule has 6 heteroatoms. The molecule has 126 valence electrons. The number of carbonyl (C=O) groups is 1. The molecular formula is C19H18N4O2. The van der Waals surface area contributed by atoms with Gasteiger partial charge in [0, 0.05) is 19.3 Å². The molecule has 1 aromatic heterocycles. The highest BCUT2D eigenvalue weighted by molar-refractivity contribution is 6.01. The molecule has 2 rings (SSSR count). The minimum atomic E-state index is -0.450. The Bertz CT molecular complexity index is 809. The van der Waals surface area contributed by atoms with Crippen LogP contribution in [0.1, 0.15) is 17.7 Å². The second-order valence-corrected chi connectivity index (χ2v) is 5.35. The van der Waals surface area contributed by atoms with Crippen LogP contribution in [0.4, 0.5) is 5.69 Å². The van der Waals surface area contributed by atoms with Gasteiger partial charge < -0.3 is 14.6 Å². The zero-order valence-electron chi connectivity index (χ0n) is 13.9. The number of hydrogen-bond donors (Lipinski definition) is 1. The summed E-state index contributed by atoms with van der Waals surface area (Å²) in [6, 6.07) is 14.9. The van der Waals surface area contributed by atoms with Gasteiger partial charge in [-0.05, 0) is 35.9 Å². The lowest BCUT2D eigenvalue weighted by Gasteiger charge is -2.17. The van der Waals surface area contributed by atoms with Gasteiger partial charge in [-0.3, -0.25) is 4.79 Å². The molecule has 25 heavy (non-hydrogen) atoms. The summed E-state index contributed by atoms with van der Waals surface area (Å²) in [4.78, 5) is 14.1. The van der Waals surface area contributed by atoms with Crippen LogP contribution in [0.5, 0.6) is 0 Å². The number of amides is 1. The molecule has 2 aromatic rings. The van der Waals surface area contributed by atoms with Crippen molar-refractivity contribution >= 4 is 17.7 Å². The van der Waals surface area contributed by atoms with Gasteiger partial charge in [0.05, 0.1) is 25.3 Å². The number of carbonyl (C=O) groups excluding carboxylic acids is 1. The topological polar surface area (TPSA) is 93.1 Å². The Hall–Kier alpha value is -3.51. The SMILES string of the molecule is CN(CCC#N)c1ccc(/C=C(\C#N)C(=O)NCc2ccco2)cc1. The van der Waals surface area contributed by atoms with E-state index in [-0.39, 0.29) is 12.1 Å². The first kappa shape index (κ1) is 17.8. The smallest absolute Gasteiger partial charge is 0.262 e. The van der Waals surface area contributed by atoms with Crippen molar-refractivity contribution in [3.05, 3.63) is 59.6 Å². The van der Waals surface area contributed by atoms with Crippen molar-refractivity contribution in [2.45, 2.75) is 13.0 Å². The molecule has 1 N–H and O–H groups in total. The third kappa shape index (κ3) is 5.26. The first-order valence-corrected chi connectivity index (χ1v) is 7.74. The molecule has 1 amide bonds. The number of nitriles is 2. The van der Waals surface area contributed by atoms with Crippen LogP contribution < -0.4 is 10.2 Å². The Morgan fingerprint density at radius 3 is 2.64 bits per heavy atom. The summed E-state index contributed by atoms with van der Waals surface area (Å²) < 4.78 is 5.14. The largest absolute Gasteiger partial charge is 0.467 e. The molecule has 0 aliphatic heterocycles. The minimum Gasteiger partial charge on any atom is -0.467 e. The van der Waals surface area contributed by atoms with Crippen LogP contribution in [0.2, 0.25) is 0 Å². The summed E-state index contributed by atoms with van der Waals surface area (Å²) in [5, 5.41) is 20.5. The monoisotopic (exact) mass is 334 g/mol. The van der Waals surface area contributed by atoms with Crippen LogP contribution in [0.3, 0.4) is 0 Å². The Morgan fingerprint density at radius 1 is 1.28 bits per heavy atom. The molecule has 0 unspecified atom stereocenters. The van der Waals surface area contributed by atoms with Crippen LogP contribution in [0.15, 0.2) is 52.7 Å². The molecule has 0 saturated carbocycles. The Labute approximate surface area is 146 Å². The number of anilines is 1. The first-order valence-electron chi connectivity index (χ1n) is 7.74. The van der Waals surface area contributed by atoms with Crippen LogP contribution >= 0.6 is 0 Å². The fraction of sp³-hybridized carbons (Fsp3) is 0.211. The molecule has 0 radical (unpaired) electrons. The maximum Gasteiger partial charge on any atom is 0.262 e. The van der Waals surface area contributed by atoms with E-state index in [2.05, 4.69) is 11.4 Å². The van der Waals surface area contributed by atoms with Crippen molar-refractivity contribution in [3.8, 4) is 12.1 Å². The van der Waals surface area contributed by atoms with Gasteiger partial charge in [0.15, 0.2) is 0 Å². The predicted octanol–water partition coefficient (Wildman–Crippen LogP) is 2.85. The van der Waals surface area contributed by atoms with Crippen LogP contribution in [-0.2, 0) is 11.3 Å². The highest BCUT2D eigenvalue weighted by Gasteiger charge is 2.09. The van der Waals surface area contributed by atoms with Gasteiger partial charge in [0.2, 0.25) is 0 Å². The van der Waals surface area contributed by atoms with Gasteiger partial charge in [0.25, 0.3) is 5.91 Å². The van der Waals surface area contributed by atoms with Gasteiger partial charge in [-0.2, -0.15) is 10.5 Å². The number of nitrogens with zero attached hydrogens (tertiary/aromatic N) is 3. The maximum absolute atomic E-state index is 12.1. The van der Waals surface area contributed by atoms with Gasteiger partial charge in [-0.1, -0.05) is 12.1 Å². The summed E-state index contributed by atoms with van der Waals surface area (Å²) >= 11 is 0. The van der Waals surface area contributed by atoms with E-state index in [4.69, 9.17) is 9.68 Å². The van der Waals surface area contributed by atoms with E-state index in [0.717, 1.165) is 11.3 Å². The third-order valence-corrected chi connectivity index (χ3v) is 3.57. The second kappa shape index (κ2) is 8.95. The van der Waals surface area contributed by atoms with Crippen molar-refractivity contribution in [1.29, 1.82) is 10.5 Å². The summed E-state index contributed by atoms with van der Waals surface area (Å²) in [5.74, 6) is 0.171. The lowest BCUT2D eigenvalue weighted by Crippen LogP contribution is -2.23. The Balaban J connectivity index is 2.02. The lowest BCUT2D eigenvalue weighted by molar-refractivity contribution is -0.117. The van der Waals surface area contributed by atoms with E-state index >= 15 is 0 Å². The Morgan fingerprint density at radius 2 is 2.04 bits per heavy atom. The lowest BCUT2D eigenvalue weighted by atomic mass is 10.1. The van der Waals surface area contributed by atoms with Gasteiger partial charge >= 0.3 is 0 Å².